The van der Waals surface area contributed by atoms with Gasteiger partial charge in [0.15, 0.2) is 0 Å². The molecule has 4 rings (SSSR count). The van der Waals surface area contributed by atoms with Gasteiger partial charge in [0, 0.05) is 18.2 Å². The van der Waals surface area contributed by atoms with Crippen LogP contribution in [-0.2, 0) is 4.79 Å². The van der Waals surface area contributed by atoms with Crippen LogP contribution in [0.3, 0.4) is 0 Å². The zero-order valence-electron chi connectivity index (χ0n) is 20.1. The van der Waals surface area contributed by atoms with Gasteiger partial charge < -0.3 is 14.8 Å². The van der Waals surface area contributed by atoms with Crippen LogP contribution < -0.4 is 14.8 Å². The lowest BCUT2D eigenvalue weighted by Crippen LogP contribution is -2.11. The fraction of sp³-hybridized carbons (Fsp3) is 0.179. The quantitative estimate of drug-likeness (QED) is 0.343. The maximum atomic E-state index is 12.6. The molecule has 178 valence electrons. The van der Waals surface area contributed by atoms with Crippen molar-refractivity contribution in [1.82, 2.24) is 9.78 Å². The summed E-state index contributed by atoms with van der Waals surface area (Å²) < 4.78 is 12.5. The standard InChI is InChI=1S/C28H27N3O4/c1-18(2)26-25(28(35-19(3)32)31(30-26)23-8-6-5-7-9-23)20-10-14-22(15-11-20)29-27(33)21-12-16-24(34-4)17-13-21/h5-18H,1-4H3,(H,29,33). The van der Waals surface area contributed by atoms with E-state index in [0.717, 1.165) is 22.5 Å². The first kappa shape index (κ1) is 23.8. The van der Waals surface area contributed by atoms with E-state index in [9.17, 15) is 9.59 Å². The number of ether oxygens (including phenoxy) is 2. The average Bonchev–Trinajstić information content (AvgIpc) is 3.24. The number of aromatic nitrogens is 2. The van der Waals surface area contributed by atoms with E-state index in [0.29, 0.717) is 22.9 Å². The highest BCUT2D eigenvalue weighted by atomic mass is 16.5. The Kier molecular flexibility index (Phi) is 6.96. The van der Waals surface area contributed by atoms with E-state index in [1.54, 1.807) is 36.1 Å². The molecule has 0 radical (unpaired) electrons. The number of nitrogens with one attached hydrogen (secondary N) is 1. The monoisotopic (exact) mass is 469 g/mol. The minimum atomic E-state index is -0.429. The molecular formula is C28H27N3O4. The van der Waals surface area contributed by atoms with E-state index < -0.39 is 5.97 Å². The van der Waals surface area contributed by atoms with Gasteiger partial charge in [-0.25, -0.2) is 0 Å². The predicted octanol–water partition coefficient (Wildman–Crippen LogP) is 5.85. The molecule has 1 aromatic heterocycles. The lowest BCUT2D eigenvalue weighted by molar-refractivity contribution is -0.132. The largest absolute Gasteiger partial charge is 0.497 e. The molecule has 0 aliphatic carbocycles. The van der Waals surface area contributed by atoms with Crippen molar-refractivity contribution in [3.8, 4) is 28.4 Å². The number of methoxy groups -OCH3 is 1. The van der Waals surface area contributed by atoms with Gasteiger partial charge in [-0.1, -0.05) is 44.2 Å². The first-order chi connectivity index (χ1) is 16.9. The lowest BCUT2D eigenvalue weighted by Gasteiger charge is -2.11. The Bertz CT molecular complexity index is 1330. The van der Waals surface area contributed by atoms with Crippen molar-refractivity contribution in [2.75, 3.05) is 12.4 Å². The van der Waals surface area contributed by atoms with Gasteiger partial charge in [0.2, 0.25) is 5.88 Å². The number of rotatable bonds is 7. The van der Waals surface area contributed by atoms with Crippen molar-refractivity contribution in [2.45, 2.75) is 26.7 Å². The molecule has 0 aliphatic rings. The Morgan fingerprint density at radius 2 is 1.57 bits per heavy atom. The molecule has 0 saturated carbocycles. The third kappa shape index (κ3) is 5.24. The van der Waals surface area contributed by atoms with E-state index in [1.165, 1.54) is 6.92 Å². The molecule has 0 spiro atoms. The van der Waals surface area contributed by atoms with Gasteiger partial charge in [-0.05, 0) is 60.0 Å². The highest BCUT2D eigenvalue weighted by molar-refractivity contribution is 6.04. The molecule has 3 aromatic carbocycles. The van der Waals surface area contributed by atoms with Gasteiger partial charge in [-0.15, -0.1) is 0 Å². The normalized spacial score (nSPS) is 10.8. The molecule has 4 aromatic rings. The van der Waals surface area contributed by atoms with Crippen LogP contribution in [0.5, 0.6) is 11.6 Å². The van der Waals surface area contributed by atoms with Gasteiger partial charge >= 0.3 is 5.97 Å². The molecule has 1 heterocycles. The van der Waals surface area contributed by atoms with Crippen LogP contribution in [0, 0.1) is 0 Å². The fourth-order valence-electron chi connectivity index (χ4n) is 3.73. The Labute approximate surface area is 204 Å². The summed E-state index contributed by atoms with van der Waals surface area (Å²) in [6.07, 6.45) is 0. The van der Waals surface area contributed by atoms with Gasteiger partial charge in [0.05, 0.1) is 24.1 Å². The summed E-state index contributed by atoms with van der Waals surface area (Å²) in [5.41, 5.74) is 4.34. The summed E-state index contributed by atoms with van der Waals surface area (Å²) in [6.45, 7) is 5.46. The minimum absolute atomic E-state index is 0.0821. The van der Waals surface area contributed by atoms with Crippen molar-refractivity contribution < 1.29 is 19.1 Å². The van der Waals surface area contributed by atoms with Crippen molar-refractivity contribution >= 4 is 17.6 Å². The van der Waals surface area contributed by atoms with Crippen molar-refractivity contribution in [1.29, 1.82) is 0 Å². The van der Waals surface area contributed by atoms with E-state index in [1.807, 2.05) is 68.4 Å². The molecule has 0 aliphatic heterocycles. The highest BCUT2D eigenvalue weighted by Crippen LogP contribution is 2.39. The summed E-state index contributed by atoms with van der Waals surface area (Å²) in [5.74, 6) is 0.482. The maximum absolute atomic E-state index is 12.6. The zero-order chi connectivity index (χ0) is 24.9. The maximum Gasteiger partial charge on any atom is 0.309 e. The van der Waals surface area contributed by atoms with Crippen LogP contribution in [-0.4, -0.2) is 28.8 Å². The molecule has 1 amide bonds. The van der Waals surface area contributed by atoms with E-state index in [4.69, 9.17) is 14.6 Å². The lowest BCUT2D eigenvalue weighted by atomic mass is 9.99. The number of benzene rings is 3. The summed E-state index contributed by atoms with van der Waals surface area (Å²) in [5, 5.41) is 7.70. The number of carbonyl (C=O) groups excluding carboxylic acids is 2. The summed E-state index contributed by atoms with van der Waals surface area (Å²) in [6, 6.07) is 23.9. The van der Waals surface area contributed by atoms with Crippen LogP contribution in [0.2, 0.25) is 0 Å². The van der Waals surface area contributed by atoms with Gasteiger partial charge in [0.1, 0.15) is 5.75 Å². The molecule has 0 atom stereocenters. The summed E-state index contributed by atoms with van der Waals surface area (Å²) in [4.78, 5) is 24.6. The van der Waals surface area contributed by atoms with Crippen LogP contribution >= 0.6 is 0 Å². The third-order valence-corrected chi connectivity index (χ3v) is 5.44. The Morgan fingerprint density at radius 3 is 2.14 bits per heavy atom. The zero-order valence-corrected chi connectivity index (χ0v) is 20.1. The first-order valence-electron chi connectivity index (χ1n) is 11.3. The van der Waals surface area contributed by atoms with E-state index in [2.05, 4.69) is 5.32 Å². The molecule has 0 unspecified atom stereocenters. The first-order valence-corrected chi connectivity index (χ1v) is 11.3. The smallest absolute Gasteiger partial charge is 0.309 e. The molecule has 0 bridgehead atoms. The summed E-state index contributed by atoms with van der Waals surface area (Å²) >= 11 is 0. The second kappa shape index (κ2) is 10.3. The number of nitrogens with zero attached hydrogens (tertiary/aromatic N) is 2. The molecule has 0 fully saturated rings. The highest BCUT2D eigenvalue weighted by Gasteiger charge is 2.25. The van der Waals surface area contributed by atoms with Crippen LogP contribution in [0.25, 0.3) is 16.8 Å². The number of para-hydroxylation sites is 1. The van der Waals surface area contributed by atoms with Gasteiger partial charge in [0.25, 0.3) is 5.91 Å². The van der Waals surface area contributed by atoms with Crippen molar-refractivity contribution in [3.63, 3.8) is 0 Å². The topological polar surface area (TPSA) is 82.4 Å². The van der Waals surface area contributed by atoms with Gasteiger partial charge in [-0.2, -0.15) is 9.78 Å². The second-order valence-corrected chi connectivity index (χ2v) is 8.32. The molecule has 0 saturated heterocycles. The number of anilines is 1. The Morgan fingerprint density at radius 1 is 0.914 bits per heavy atom. The van der Waals surface area contributed by atoms with Crippen LogP contribution in [0.15, 0.2) is 78.9 Å². The number of hydrogen-bond acceptors (Lipinski definition) is 5. The SMILES string of the molecule is COc1ccc(C(=O)Nc2ccc(-c3c(C(C)C)nn(-c4ccccc4)c3OC(C)=O)cc2)cc1. The molecule has 7 heteroatoms. The van der Waals surface area contributed by atoms with Crippen molar-refractivity contribution in [2.24, 2.45) is 0 Å². The third-order valence-electron chi connectivity index (χ3n) is 5.44. The average molecular weight is 470 g/mol. The molecule has 1 N–H and O–H groups in total. The van der Waals surface area contributed by atoms with Crippen LogP contribution in [0.1, 0.15) is 42.7 Å². The van der Waals surface area contributed by atoms with Gasteiger partial charge in [-0.3, -0.25) is 9.59 Å². The van der Waals surface area contributed by atoms with E-state index in [-0.39, 0.29) is 11.8 Å². The summed E-state index contributed by atoms with van der Waals surface area (Å²) in [7, 11) is 1.58. The Hall–Kier alpha value is -4.39. The molecule has 7 nitrogen and oxygen atoms in total. The Balaban J connectivity index is 1.69. The minimum Gasteiger partial charge on any atom is -0.497 e. The number of hydrogen-bond donors (Lipinski definition) is 1. The fourth-order valence-corrected chi connectivity index (χ4v) is 3.73. The number of esters is 1. The van der Waals surface area contributed by atoms with Crippen LogP contribution in [0.4, 0.5) is 5.69 Å². The number of amides is 1. The molecular weight excluding hydrogens is 442 g/mol. The van der Waals surface area contributed by atoms with Crippen molar-refractivity contribution in [3.05, 3.63) is 90.1 Å². The molecule has 35 heavy (non-hydrogen) atoms. The predicted molar refractivity (Wildman–Crippen MR) is 135 cm³/mol. The number of carbonyl (C=O) groups is 2. The second-order valence-electron chi connectivity index (χ2n) is 8.32. The van der Waals surface area contributed by atoms with E-state index >= 15 is 0 Å².